The van der Waals surface area contributed by atoms with Crippen LogP contribution >= 0.6 is 27.5 Å². The molecule has 2 aromatic rings. The number of aryl methyl sites for hydroxylation is 1. The molecular weight excluding hydrogens is 338 g/mol. The van der Waals surface area contributed by atoms with Gasteiger partial charge >= 0.3 is 0 Å². The number of ketones is 1. The molecule has 1 N–H and O–H groups in total. The SMILES string of the molecule is Cc1cc(Cl)ccc1NC=CC(=O)c1ccc(Br)cc1. The average Bonchev–Trinajstić information content (AvgIpc) is 2.42. The van der Waals surface area contributed by atoms with Gasteiger partial charge in [0.2, 0.25) is 0 Å². The van der Waals surface area contributed by atoms with Crippen molar-refractivity contribution in [3.05, 3.63) is 75.4 Å². The minimum Gasteiger partial charge on any atom is -0.361 e. The number of allylic oxidation sites excluding steroid dienone is 1. The number of hydrogen-bond donors (Lipinski definition) is 1. The first-order chi connectivity index (χ1) is 9.56. The molecule has 2 nitrogen and oxygen atoms in total. The van der Waals surface area contributed by atoms with Crippen LogP contribution in [0.4, 0.5) is 5.69 Å². The summed E-state index contributed by atoms with van der Waals surface area (Å²) in [6.07, 6.45) is 3.15. The van der Waals surface area contributed by atoms with Crippen molar-refractivity contribution in [2.75, 3.05) is 5.32 Å². The van der Waals surface area contributed by atoms with Crippen LogP contribution in [-0.4, -0.2) is 5.78 Å². The molecule has 0 saturated carbocycles. The van der Waals surface area contributed by atoms with Gasteiger partial charge in [0.15, 0.2) is 5.78 Å². The fraction of sp³-hybridized carbons (Fsp3) is 0.0625. The second-order valence-electron chi connectivity index (χ2n) is 4.31. The number of nitrogens with one attached hydrogen (secondary N) is 1. The summed E-state index contributed by atoms with van der Waals surface area (Å²) in [7, 11) is 0. The third-order valence-electron chi connectivity index (χ3n) is 2.79. The maximum Gasteiger partial charge on any atom is 0.187 e. The fourth-order valence-electron chi connectivity index (χ4n) is 1.71. The molecule has 0 unspecified atom stereocenters. The number of carbonyl (C=O) groups excluding carboxylic acids is 1. The van der Waals surface area contributed by atoms with E-state index in [0.717, 1.165) is 15.7 Å². The Morgan fingerprint density at radius 3 is 2.55 bits per heavy atom. The van der Waals surface area contributed by atoms with Gasteiger partial charge in [-0.3, -0.25) is 4.79 Å². The van der Waals surface area contributed by atoms with Crippen molar-refractivity contribution < 1.29 is 4.79 Å². The van der Waals surface area contributed by atoms with Crippen molar-refractivity contribution in [1.82, 2.24) is 0 Å². The topological polar surface area (TPSA) is 29.1 Å². The molecule has 4 heteroatoms. The lowest BCUT2D eigenvalue weighted by Crippen LogP contribution is -1.96. The first-order valence-corrected chi connectivity index (χ1v) is 7.22. The van der Waals surface area contributed by atoms with E-state index in [0.29, 0.717) is 10.6 Å². The third kappa shape index (κ3) is 3.95. The van der Waals surface area contributed by atoms with Gasteiger partial charge in [-0.05, 0) is 55.0 Å². The van der Waals surface area contributed by atoms with E-state index in [1.54, 1.807) is 24.4 Å². The first kappa shape index (κ1) is 14.8. The number of anilines is 1. The maximum absolute atomic E-state index is 11.9. The van der Waals surface area contributed by atoms with Gasteiger partial charge < -0.3 is 5.32 Å². The van der Waals surface area contributed by atoms with Gasteiger partial charge in [0.1, 0.15) is 0 Å². The normalized spacial score (nSPS) is 10.8. The fourth-order valence-corrected chi connectivity index (χ4v) is 2.20. The molecule has 102 valence electrons. The van der Waals surface area contributed by atoms with Crippen molar-refractivity contribution >= 4 is 39.0 Å². The Morgan fingerprint density at radius 1 is 1.20 bits per heavy atom. The lowest BCUT2D eigenvalue weighted by molar-refractivity contribution is 0.104. The van der Waals surface area contributed by atoms with Crippen LogP contribution in [-0.2, 0) is 0 Å². The van der Waals surface area contributed by atoms with Crippen LogP contribution < -0.4 is 5.32 Å². The Bertz CT molecular complexity index is 650. The second kappa shape index (κ2) is 6.73. The standard InChI is InChI=1S/C16H13BrClNO/c1-11-10-14(18)6-7-15(11)19-9-8-16(20)12-2-4-13(17)5-3-12/h2-10,19H,1H3. The summed E-state index contributed by atoms with van der Waals surface area (Å²) in [5, 5.41) is 3.78. The molecule has 0 spiro atoms. The largest absolute Gasteiger partial charge is 0.361 e. The molecule has 0 aliphatic heterocycles. The minimum atomic E-state index is -0.0448. The summed E-state index contributed by atoms with van der Waals surface area (Å²) in [6, 6.07) is 12.8. The van der Waals surface area contributed by atoms with Gasteiger partial charge in [-0.1, -0.05) is 27.5 Å². The van der Waals surface area contributed by atoms with E-state index in [1.165, 1.54) is 6.08 Å². The lowest BCUT2D eigenvalue weighted by atomic mass is 10.1. The number of benzene rings is 2. The Morgan fingerprint density at radius 2 is 1.90 bits per heavy atom. The van der Waals surface area contributed by atoms with E-state index < -0.39 is 0 Å². The minimum absolute atomic E-state index is 0.0448. The van der Waals surface area contributed by atoms with Gasteiger partial charge in [0, 0.05) is 33.0 Å². The number of halogens is 2. The molecule has 20 heavy (non-hydrogen) atoms. The summed E-state index contributed by atoms with van der Waals surface area (Å²) in [4.78, 5) is 11.9. The van der Waals surface area contributed by atoms with Gasteiger partial charge in [-0.25, -0.2) is 0 Å². The Kier molecular flexibility index (Phi) is 4.99. The predicted molar refractivity (Wildman–Crippen MR) is 87.4 cm³/mol. The van der Waals surface area contributed by atoms with Crippen LogP contribution in [0.1, 0.15) is 15.9 Å². The van der Waals surface area contributed by atoms with E-state index in [-0.39, 0.29) is 5.78 Å². The van der Waals surface area contributed by atoms with E-state index in [2.05, 4.69) is 21.2 Å². The van der Waals surface area contributed by atoms with Crippen molar-refractivity contribution in [3.8, 4) is 0 Å². The van der Waals surface area contributed by atoms with Crippen LogP contribution in [0.3, 0.4) is 0 Å². The third-order valence-corrected chi connectivity index (χ3v) is 3.55. The number of hydrogen-bond acceptors (Lipinski definition) is 2. The molecule has 0 aliphatic carbocycles. The van der Waals surface area contributed by atoms with Crippen molar-refractivity contribution in [1.29, 1.82) is 0 Å². The molecule has 0 aromatic heterocycles. The molecule has 0 atom stereocenters. The van der Waals surface area contributed by atoms with Crippen molar-refractivity contribution in [3.63, 3.8) is 0 Å². The molecular formula is C16H13BrClNO. The molecule has 0 aliphatic rings. The van der Waals surface area contributed by atoms with Crippen LogP contribution in [0.15, 0.2) is 59.2 Å². The van der Waals surface area contributed by atoms with Crippen LogP contribution in [0.2, 0.25) is 5.02 Å². The highest BCUT2D eigenvalue weighted by Gasteiger charge is 2.01. The summed E-state index contributed by atoms with van der Waals surface area (Å²) < 4.78 is 0.952. The molecule has 2 rings (SSSR count). The molecule has 0 heterocycles. The molecule has 0 bridgehead atoms. The second-order valence-corrected chi connectivity index (χ2v) is 5.66. The van der Waals surface area contributed by atoms with Crippen LogP contribution in [0.25, 0.3) is 0 Å². The van der Waals surface area contributed by atoms with Gasteiger partial charge in [0.05, 0.1) is 0 Å². The highest BCUT2D eigenvalue weighted by molar-refractivity contribution is 9.10. The summed E-state index contributed by atoms with van der Waals surface area (Å²) >= 11 is 9.23. The highest BCUT2D eigenvalue weighted by atomic mass is 79.9. The molecule has 0 radical (unpaired) electrons. The molecule has 0 saturated heterocycles. The van der Waals surface area contributed by atoms with E-state index in [9.17, 15) is 4.79 Å². The number of rotatable bonds is 4. The van der Waals surface area contributed by atoms with E-state index >= 15 is 0 Å². The number of carbonyl (C=O) groups is 1. The highest BCUT2D eigenvalue weighted by Crippen LogP contribution is 2.19. The lowest BCUT2D eigenvalue weighted by Gasteiger charge is -2.05. The summed E-state index contributed by atoms with van der Waals surface area (Å²) in [6.45, 7) is 1.96. The maximum atomic E-state index is 11.9. The Hall–Kier alpha value is -1.58. The zero-order valence-electron chi connectivity index (χ0n) is 10.9. The van der Waals surface area contributed by atoms with Gasteiger partial charge in [-0.15, -0.1) is 0 Å². The Balaban J connectivity index is 2.02. The first-order valence-electron chi connectivity index (χ1n) is 6.05. The van der Waals surface area contributed by atoms with Crippen molar-refractivity contribution in [2.45, 2.75) is 6.92 Å². The molecule has 2 aromatic carbocycles. The van der Waals surface area contributed by atoms with Gasteiger partial charge in [-0.2, -0.15) is 0 Å². The smallest absolute Gasteiger partial charge is 0.187 e. The quantitative estimate of drug-likeness (QED) is 0.605. The van der Waals surface area contributed by atoms with Crippen LogP contribution in [0.5, 0.6) is 0 Å². The summed E-state index contributed by atoms with van der Waals surface area (Å²) in [5.74, 6) is -0.0448. The molecule has 0 amide bonds. The summed E-state index contributed by atoms with van der Waals surface area (Å²) in [5.41, 5.74) is 2.60. The van der Waals surface area contributed by atoms with Gasteiger partial charge in [0.25, 0.3) is 0 Å². The average molecular weight is 351 g/mol. The Labute approximate surface area is 131 Å². The zero-order chi connectivity index (χ0) is 14.5. The monoisotopic (exact) mass is 349 g/mol. The van der Waals surface area contributed by atoms with E-state index in [1.807, 2.05) is 31.2 Å². The van der Waals surface area contributed by atoms with E-state index in [4.69, 9.17) is 11.6 Å². The van der Waals surface area contributed by atoms with Crippen molar-refractivity contribution in [2.24, 2.45) is 0 Å². The zero-order valence-corrected chi connectivity index (χ0v) is 13.2. The predicted octanol–water partition coefficient (Wildman–Crippen LogP) is 5.22. The van der Waals surface area contributed by atoms with Crippen LogP contribution in [0, 0.1) is 6.92 Å². The molecule has 0 fully saturated rings.